The second kappa shape index (κ2) is 7.18. The van der Waals surface area contributed by atoms with E-state index in [0.717, 1.165) is 11.1 Å². The van der Waals surface area contributed by atoms with E-state index in [9.17, 15) is 14.9 Å². The highest BCUT2D eigenvalue weighted by atomic mass is 16.7. The minimum atomic E-state index is -1.02. The quantitative estimate of drug-likeness (QED) is 0.419. The van der Waals surface area contributed by atoms with E-state index in [-0.39, 0.29) is 22.8 Å². The summed E-state index contributed by atoms with van der Waals surface area (Å²) in [7, 11) is 0. The highest BCUT2D eigenvalue weighted by Gasteiger charge is 2.53. The van der Waals surface area contributed by atoms with Crippen LogP contribution < -0.4 is 9.47 Å². The van der Waals surface area contributed by atoms with Gasteiger partial charge in [-0.15, -0.1) is 0 Å². The Labute approximate surface area is 193 Å². The third-order valence-corrected chi connectivity index (χ3v) is 6.69. The van der Waals surface area contributed by atoms with Gasteiger partial charge >= 0.3 is 0 Å². The van der Waals surface area contributed by atoms with Crippen molar-refractivity contribution in [3.8, 4) is 17.6 Å². The lowest BCUT2D eigenvalue weighted by atomic mass is 9.68. The Hall–Kier alpha value is -3.64. The van der Waals surface area contributed by atoms with Crippen molar-refractivity contribution in [3.63, 3.8) is 0 Å². The maximum absolute atomic E-state index is 12.1. The summed E-state index contributed by atoms with van der Waals surface area (Å²) >= 11 is 0. The van der Waals surface area contributed by atoms with Crippen molar-refractivity contribution in [2.24, 2.45) is 0 Å². The van der Waals surface area contributed by atoms with Gasteiger partial charge < -0.3 is 9.47 Å². The van der Waals surface area contributed by atoms with Crippen LogP contribution in [-0.2, 0) is 10.8 Å². The average Bonchev–Trinajstić information content (AvgIpc) is 2.70. The van der Waals surface area contributed by atoms with Gasteiger partial charge in [0.25, 0.3) is 5.79 Å². The molecule has 0 aromatic heterocycles. The van der Waals surface area contributed by atoms with Gasteiger partial charge in [0.05, 0.1) is 12.1 Å². The van der Waals surface area contributed by atoms with E-state index in [0.29, 0.717) is 35.5 Å². The van der Waals surface area contributed by atoms with Gasteiger partial charge in [-0.3, -0.25) is 9.59 Å². The second-order valence-electron chi connectivity index (χ2n) is 10.3. The van der Waals surface area contributed by atoms with Gasteiger partial charge in [-0.2, -0.15) is 5.26 Å². The van der Waals surface area contributed by atoms with E-state index in [1.54, 1.807) is 24.3 Å². The molecule has 2 aliphatic rings. The molecule has 0 bridgehead atoms. The minimum Gasteiger partial charge on any atom is -0.453 e. The first kappa shape index (κ1) is 22.6. The van der Waals surface area contributed by atoms with Crippen LogP contribution in [0.3, 0.4) is 0 Å². The first-order valence-electron chi connectivity index (χ1n) is 10.9. The van der Waals surface area contributed by atoms with Gasteiger partial charge in [-0.25, -0.2) is 4.85 Å². The summed E-state index contributed by atoms with van der Waals surface area (Å²) in [5, 5.41) is 9.60. The number of nitriles is 1. The highest BCUT2D eigenvalue weighted by molar-refractivity contribution is 6.00. The number of ketones is 2. The van der Waals surface area contributed by atoms with E-state index in [1.165, 1.54) is 13.8 Å². The van der Waals surface area contributed by atoms with Crippen LogP contribution >= 0.6 is 0 Å². The smallest absolute Gasteiger partial charge is 0.252 e. The van der Waals surface area contributed by atoms with Gasteiger partial charge in [-0.1, -0.05) is 33.8 Å². The number of hydrogen-bond acceptors (Lipinski definition) is 5. The zero-order valence-corrected chi connectivity index (χ0v) is 19.8. The van der Waals surface area contributed by atoms with E-state index >= 15 is 0 Å². The second-order valence-corrected chi connectivity index (χ2v) is 10.3. The summed E-state index contributed by atoms with van der Waals surface area (Å²) in [6, 6.07) is 8.90. The highest BCUT2D eigenvalue weighted by Crippen LogP contribution is 2.54. The maximum Gasteiger partial charge on any atom is 0.252 e. The fourth-order valence-electron chi connectivity index (χ4n) is 5.30. The van der Waals surface area contributed by atoms with E-state index < -0.39 is 16.6 Å². The SMILES string of the molecule is [C-]#[N+]c1cc2c(cc1C(C)=O)C(C)(C)CC1(CC(C)(C)c3cc(C(C)=O)c(C#N)cc3O1)O2. The molecular weight excluding hydrogens is 416 g/mol. The zero-order valence-electron chi connectivity index (χ0n) is 19.8. The lowest BCUT2D eigenvalue weighted by molar-refractivity contribution is -0.166. The summed E-state index contributed by atoms with van der Waals surface area (Å²) in [5.74, 6) is -0.286. The predicted octanol–water partition coefficient (Wildman–Crippen LogP) is 6.03. The standard InChI is InChI=1S/C27H26N2O4/c1-15(30)18-9-20-23(8-17(18)12-28)32-27(13-25(20,3)4)14-26(5,6)21-10-19(16(2)31)22(29-7)11-24(21)33-27/h8-11H,13-14H2,1-6H3. The van der Waals surface area contributed by atoms with Crippen LogP contribution in [0.25, 0.3) is 4.85 Å². The largest absolute Gasteiger partial charge is 0.453 e. The Morgan fingerprint density at radius 3 is 1.85 bits per heavy atom. The summed E-state index contributed by atoms with van der Waals surface area (Å²) in [5.41, 5.74) is 2.22. The lowest BCUT2D eigenvalue weighted by Gasteiger charge is -2.51. The predicted molar refractivity (Wildman–Crippen MR) is 123 cm³/mol. The number of nitrogens with zero attached hydrogens (tertiary/aromatic N) is 2. The lowest BCUT2D eigenvalue weighted by Crippen LogP contribution is -2.55. The number of hydrogen-bond donors (Lipinski definition) is 0. The van der Waals surface area contributed by atoms with E-state index in [2.05, 4.69) is 38.6 Å². The topological polar surface area (TPSA) is 80.8 Å². The average molecular weight is 443 g/mol. The summed E-state index contributed by atoms with van der Waals surface area (Å²) < 4.78 is 13.0. The molecule has 2 heterocycles. The first-order chi connectivity index (χ1) is 15.3. The Morgan fingerprint density at radius 1 is 0.909 bits per heavy atom. The molecule has 0 fully saturated rings. The number of carbonyl (C=O) groups excluding carboxylic acids is 2. The summed E-state index contributed by atoms with van der Waals surface area (Å²) in [4.78, 5) is 27.8. The normalized spacial score (nSPS) is 21.5. The molecule has 2 aromatic carbocycles. The number of Topliss-reactive ketones (excluding diaryl/α,β-unsaturated/α-hetero) is 2. The Balaban J connectivity index is 1.87. The molecule has 0 N–H and O–H groups in total. The molecule has 0 saturated heterocycles. The van der Waals surface area contributed by atoms with Crippen LogP contribution in [0.5, 0.6) is 11.5 Å². The monoisotopic (exact) mass is 442 g/mol. The van der Waals surface area contributed by atoms with Crippen molar-refractivity contribution in [2.75, 3.05) is 0 Å². The molecular formula is C27H26N2O4. The molecule has 0 radical (unpaired) electrons. The number of rotatable bonds is 2. The third kappa shape index (κ3) is 3.56. The molecule has 168 valence electrons. The van der Waals surface area contributed by atoms with Crippen LogP contribution in [0.2, 0.25) is 0 Å². The van der Waals surface area contributed by atoms with Gasteiger partial charge in [-0.05, 0) is 37.6 Å². The maximum atomic E-state index is 12.1. The number of ether oxygens (including phenoxy) is 2. The van der Waals surface area contributed by atoms with Crippen molar-refractivity contribution in [1.82, 2.24) is 0 Å². The molecule has 1 spiro atoms. The zero-order chi connectivity index (χ0) is 24.3. The van der Waals surface area contributed by atoms with Crippen molar-refractivity contribution < 1.29 is 19.1 Å². The molecule has 0 aliphatic carbocycles. The van der Waals surface area contributed by atoms with Gasteiger partial charge in [0, 0.05) is 40.4 Å². The number of carbonyl (C=O) groups is 2. The van der Waals surface area contributed by atoms with Crippen LogP contribution in [-0.4, -0.2) is 17.4 Å². The first-order valence-corrected chi connectivity index (χ1v) is 10.9. The molecule has 6 nitrogen and oxygen atoms in total. The van der Waals surface area contributed by atoms with E-state index in [1.807, 2.05) is 0 Å². The molecule has 1 atom stereocenters. The molecule has 0 amide bonds. The van der Waals surface area contributed by atoms with Crippen LogP contribution in [0.4, 0.5) is 5.69 Å². The van der Waals surface area contributed by atoms with Crippen molar-refractivity contribution in [3.05, 3.63) is 63.5 Å². The summed E-state index contributed by atoms with van der Waals surface area (Å²) in [6.45, 7) is 18.7. The van der Waals surface area contributed by atoms with Crippen molar-refractivity contribution >= 4 is 17.3 Å². The molecule has 4 rings (SSSR count). The number of fused-ring (bicyclic) bond motifs is 2. The molecule has 0 saturated carbocycles. The molecule has 6 heteroatoms. The van der Waals surface area contributed by atoms with Crippen molar-refractivity contribution in [1.29, 1.82) is 5.26 Å². The molecule has 2 aromatic rings. The molecule has 2 aliphatic heterocycles. The minimum absolute atomic E-state index is 0.158. The Kier molecular flexibility index (Phi) is 4.91. The fourth-order valence-corrected chi connectivity index (χ4v) is 5.30. The Morgan fingerprint density at radius 2 is 1.39 bits per heavy atom. The van der Waals surface area contributed by atoms with Crippen LogP contribution in [0.15, 0.2) is 24.3 Å². The number of benzene rings is 2. The van der Waals surface area contributed by atoms with Crippen LogP contribution in [0, 0.1) is 17.9 Å². The van der Waals surface area contributed by atoms with Crippen molar-refractivity contribution in [2.45, 2.75) is 71.0 Å². The third-order valence-electron chi connectivity index (χ3n) is 6.69. The van der Waals surface area contributed by atoms with Gasteiger partial charge in [0.2, 0.25) is 5.69 Å². The van der Waals surface area contributed by atoms with Gasteiger partial charge in [0.15, 0.2) is 5.78 Å². The fraction of sp³-hybridized carbons (Fsp3) is 0.407. The van der Waals surface area contributed by atoms with E-state index in [4.69, 9.17) is 16.0 Å². The molecule has 1 unspecified atom stereocenters. The van der Waals surface area contributed by atoms with Gasteiger partial charge in [0.1, 0.15) is 23.4 Å². The Bertz CT molecular complexity index is 1200. The summed E-state index contributed by atoms with van der Waals surface area (Å²) in [6.07, 6.45) is 1.03. The van der Waals surface area contributed by atoms with Crippen LogP contribution in [0.1, 0.15) is 91.8 Å². The molecule has 33 heavy (non-hydrogen) atoms.